The second-order valence-electron chi connectivity index (χ2n) is 7.66. The zero-order valence-corrected chi connectivity index (χ0v) is 16.3. The molecule has 2 aliphatic carbocycles. The maximum Gasteiger partial charge on any atom is 0.224 e. The molecular weight excluding hydrogens is 370 g/mol. The lowest BCUT2D eigenvalue weighted by Gasteiger charge is -2.06. The Balaban J connectivity index is 1.29. The van der Waals surface area contributed by atoms with Crippen LogP contribution in [0.5, 0.6) is 0 Å². The SMILES string of the molecule is O=C(NCc1nn(-c2ccccc2)c2c1CCC2)C1CC1c1ccccc1Cl. The van der Waals surface area contributed by atoms with E-state index in [0.29, 0.717) is 6.54 Å². The first-order valence-corrected chi connectivity index (χ1v) is 10.3. The maximum absolute atomic E-state index is 12.7. The Morgan fingerprint density at radius 3 is 2.71 bits per heavy atom. The Morgan fingerprint density at radius 2 is 1.89 bits per heavy atom. The highest BCUT2D eigenvalue weighted by Crippen LogP contribution is 2.49. The van der Waals surface area contributed by atoms with Crippen LogP contribution in [0.25, 0.3) is 5.69 Å². The summed E-state index contributed by atoms with van der Waals surface area (Å²) in [5, 5.41) is 8.69. The summed E-state index contributed by atoms with van der Waals surface area (Å²) in [6.45, 7) is 0.493. The number of aromatic nitrogens is 2. The molecule has 5 heteroatoms. The van der Waals surface area contributed by atoms with Gasteiger partial charge in [0, 0.05) is 16.6 Å². The summed E-state index contributed by atoms with van der Waals surface area (Å²) in [5.74, 6) is 0.358. The van der Waals surface area contributed by atoms with Crippen molar-refractivity contribution < 1.29 is 4.79 Å². The van der Waals surface area contributed by atoms with Crippen LogP contribution < -0.4 is 5.32 Å². The number of hydrogen-bond acceptors (Lipinski definition) is 2. The standard InChI is InChI=1S/C23H22ClN3O/c24-20-11-5-4-9-16(20)18-13-19(18)23(28)25-14-21-17-10-6-12-22(17)27(26-21)15-7-2-1-3-8-15/h1-5,7-9,11,18-19H,6,10,12-14H2,(H,25,28). The monoisotopic (exact) mass is 391 g/mol. The van der Waals surface area contributed by atoms with Crippen molar-refractivity contribution in [1.82, 2.24) is 15.1 Å². The molecule has 2 aromatic carbocycles. The van der Waals surface area contributed by atoms with E-state index in [2.05, 4.69) is 17.4 Å². The first kappa shape index (κ1) is 17.5. The van der Waals surface area contributed by atoms with Crippen molar-refractivity contribution in [1.29, 1.82) is 0 Å². The summed E-state index contributed by atoms with van der Waals surface area (Å²) in [6, 6.07) is 18.0. The Bertz CT molecular complexity index is 1030. The molecule has 2 atom stereocenters. The molecule has 0 radical (unpaired) electrons. The van der Waals surface area contributed by atoms with Crippen LogP contribution in [-0.2, 0) is 24.2 Å². The number of para-hydroxylation sites is 1. The van der Waals surface area contributed by atoms with Gasteiger partial charge in [-0.1, -0.05) is 48.0 Å². The van der Waals surface area contributed by atoms with Gasteiger partial charge in [-0.15, -0.1) is 0 Å². The van der Waals surface area contributed by atoms with E-state index in [1.54, 1.807) is 0 Å². The average molecular weight is 392 g/mol. The van der Waals surface area contributed by atoms with Crippen LogP contribution in [0.15, 0.2) is 54.6 Å². The normalized spacial score (nSPS) is 20.0. The minimum absolute atomic E-state index is 0.0177. The number of nitrogens with one attached hydrogen (secondary N) is 1. The van der Waals surface area contributed by atoms with E-state index in [9.17, 15) is 4.79 Å². The minimum atomic E-state index is 0.0177. The van der Waals surface area contributed by atoms with Crippen molar-refractivity contribution >= 4 is 17.5 Å². The van der Waals surface area contributed by atoms with Gasteiger partial charge in [0.05, 0.1) is 17.9 Å². The Kier molecular flexibility index (Phi) is 4.44. The Hall–Kier alpha value is -2.59. The molecule has 2 unspecified atom stereocenters. The third-order valence-electron chi connectivity index (χ3n) is 5.88. The second-order valence-corrected chi connectivity index (χ2v) is 8.07. The van der Waals surface area contributed by atoms with Crippen LogP contribution >= 0.6 is 11.6 Å². The third kappa shape index (κ3) is 3.12. The van der Waals surface area contributed by atoms with Gasteiger partial charge in [-0.2, -0.15) is 5.10 Å². The topological polar surface area (TPSA) is 46.9 Å². The first-order valence-electron chi connectivity index (χ1n) is 9.89. The van der Waals surface area contributed by atoms with E-state index in [-0.39, 0.29) is 17.7 Å². The zero-order valence-electron chi connectivity index (χ0n) is 15.6. The first-order chi connectivity index (χ1) is 13.7. The predicted octanol–water partition coefficient (Wildman–Crippen LogP) is 4.43. The van der Waals surface area contributed by atoms with Gasteiger partial charge in [0.25, 0.3) is 0 Å². The van der Waals surface area contributed by atoms with Crippen molar-refractivity contribution in [2.45, 2.75) is 38.1 Å². The number of carbonyl (C=O) groups excluding carboxylic acids is 1. The van der Waals surface area contributed by atoms with E-state index in [0.717, 1.165) is 47.7 Å². The maximum atomic E-state index is 12.7. The Labute approximate surface area is 169 Å². The van der Waals surface area contributed by atoms with Gasteiger partial charge >= 0.3 is 0 Å². The molecule has 5 rings (SSSR count). The molecule has 0 saturated heterocycles. The molecule has 1 aromatic heterocycles. The summed E-state index contributed by atoms with van der Waals surface area (Å²) in [6.07, 6.45) is 4.10. The smallest absolute Gasteiger partial charge is 0.224 e. The molecule has 3 aromatic rings. The van der Waals surface area contributed by atoms with Crippen LogP contribution in [0.2, 0.25) is 5.02 Å². The van der Waals surface area contributed by atoms with Crippen molar-refractivity contribution in [2.24, 2.45) is 5.92 Å². The molecular formula is C23H22ClN3O. The van der Waals surface area contributed by atoms with Crippen molar-refractivity contribution in [3.05, 3.63) is 82.1 Å². The molecule has 0 bridgehead atoms. The summed E-state index contributed by atoms with van der Waals surface area (Å²) in [7, 11) is 0. The van der Waals surface area contributed by atoms with Gasteiger partial charge in [0.1, 0.15) is 0 Å². The molecule has 1 fully saturated rings. The molecule has 142 valence electrons. The van der Waals surface area contributed by atoms with Crippen LogP contribution in [-0.4, -0.2) is 15.7 Å². The van der Waals surface area contributed by atoms with Gasteiger partial charge in [0.15, 0.2) is 0 Å². The van der Waals surface area contributed by atoms with E-state index in [1.165, 1.54) is 11.3 Å². The van der Waals surface area contributed by atoms with Crippen LogP contribution in [0.4, 0.5) is 0 Å². The second kappa shape index (κ2) is 7.10. The Morgan fingerprint density at radius 1 is 1.11 bits per heavy atom. The van der Waals surface area contributed by atoms with Crippen LogP contribution in [0.3, 0.4) is 0 Å². The molecule has 1 amide bonds. The molecule has 1 saturated carbocycles. The number of amides is 1. The molecule has 1 heterocycles. The third-order valence-corrected chi connectivity index (χ3v) is 6.22. The van der Waals surface area contributed by atoms with Gasteiger partial charge in [-0.05, 0) is 60.9 Å². The summed E-state index contributed by atoms with van der Waals surface area (Å²) in [5.41, 5.74) is 5.76. The molecule has 0 spiro atoms. The number of hydrogen-bond donors (Lipinski definition) is 1. The average Bonchev–Trinajstić information content (AvgIpc) is 3.23. The lowest BCUT2D eigenvalue weighted by atomic mass is 10.1. The molecule has 0 aliphatic heterocycles. The summed E-state index contributed by atoms with van der Waals surface area (Å²) in [4.78, 5) is 12.7. The molecule has 28 heavy (non-hydrogen) atoms. The fourth-order valence-electron chi connectivity index (χ4n) is 4.34. The quantitative estimate of drug-likeness (QED) is 0.699. The van der Waals surface area contributed by atoms with Gasteiger partial charge < -0.3 is 5.32 Å². The van der Waals surface area contributed by atoms with Gasteiger partial charge in [0.2, 0.25) is 5.91 Å². The van der Waals surface area contributed by atoms with Crippen LogP contribution in [0.1, 0.15) is 41.3 Å². The highest BCUT2D eigenvalue weighted by atomic mass is 35.5. The number of halogens is 1. The fraction of sp³-hybridized carbons (Fsp3) is 0.304. The highest BCUT2D eigenvalue weighted by Gasteiger charge is 2.44. The van der Waals surface area contributed by atoms with E-state index in [4.69, 9.17) is 16.7 Å². The predicted molar refractivity (Wildman–Crippen MR) is 110 cm³/mol. The van der Waals surface area contributed by atoms with Gasteiger partial charge in [-0.3, -0.25) is 4.79 Å². The number of benzene rings is 2. The minimum Gasteiger partial charge on any atom is -0.350 e. The lowest BCUT2D eigenvalue weighted by Crippen LogP contribution is -2.25. The molecule has 1 N–H and O–H groups in total. The number of fused-ring (bicyclic) bond motifs is 1. The summed E-state index contributed by atoms with van der Waals surface area (Å²) >= 11 is 6.28. The highest BCUT2D eigenvalue weighted by molar-refractivity contribution is 6.31. The number of carbonyl (C=O) groups is 1. The zero-order chi connectivity index (χ0) is 19.1. The molecule has 2 aliphatic rings. The molecule has 4 nitrogen and oxygen atoms in total. The lowest BCUT2D eigenvalue weighted by molar-refractivity contribution is -0.122. The number of rotatable bonds is 5. The largest absolute Gasteiger partial charge is 0.350 e. The van der Waals surface area contributed by atoms with Crippen molar-refractivity contribution in [2.75, 3.05) is 0 Å². The van der Waals surface area contributed by atoms with Crippen molar-refractivity contribution in [3.63, 3.8) is 0 Å². The van der Waals surface area contributed by atoms with E-state index < -0.39 is 0 Å². The summed E-state index contributed by atoms with van der Waals surface area (Å²) < 4.78 is 2.05. The number of nitrogens with zero attached hydrogens (tertiary/aromatic N) is 2. The van der Waals surface area contributed by atoms with Crippen LogP contribution in [0, 0.1) is 5.92 Å². The van der Waals surface area contributed by atoms with Gasteiger partial charge in [-0.25, -0.2) is 4.68 Å². The van der Waals surface area contributed by atoms with Crippen molar-refractivity contribution in [3.8, 4) is 5.69 Å². The van der Waals surface area contributed by atoms with E-state index in [1.807, 2.05) is 47.1 Å². The fourth-order valence-corrected chi connectivity index (χ4v) is 4.62. The van der Waals surface area contributed by atoms with E-state index >= 15 is 0 Å².